The molecule has 4 saturated heterocycles. The number of alkyl halides is 4. The van der Waals surface area contributed by atoms with E-state index >= 15 is 0 Å². The van der Waals surface area contributed by atoms with Crippen molar-refractivity contribution in [3.8, 4) is 23.0 Å². The van der Waals surface area contributed by atoms with E-state index < -0.39 is 34.2 Å². The lowest BCUT2D eigenvalue weighted by atomic mass is 9.95. The SMILES string of the molecule is Oc1cc(Cl)c(C(F)(F)F)c(-c2ncc3c(N4CC5CCC(C4)N5)cc(OC[C@@]45CCCN4C[C@H](F)C5)nc3n2)c1. The number of ether oxygens (including phenoxy) is 1. The van der Waals surface area contributed by atoms with Gasteiger partial charge in [-0.3, -0.25) is 4.90 Å². The third-order valence-electron chi connectivity index (χ3n) is 8.93. The van der Waals surface area contributed by atoms with Crippen LogP contribution in [0.15, 0.2) is 24.4 Å². The Morgan fingerprint density at radius 3 is 2.66 bits per heavy atom. The van der Waals surface area contributed by atoms with Crippen molar-refractivity contribution >= 4 is 28.3 Å². The van der Waals surface area contributed by atoms with E-state index in [1.54, 1.807) is 0 Å². The molecule has 4 aliphatic heterocycles. The maximum atomic E-state index is 14.3. The van der Waals surface area contributed by atoms with Crippen LogP contribution in [0.1, 0.15) is 37.7 Å². The van der Waals surface area contributed by atoms with Crippen molar-refractivity contribution in [1.29, 1.82) is 0 Å². The second-order valence-electron chi connectivity index (χ2n) is 11.7. The number of nitrogens with zero attached hydrogens (tertiary/aromatic N) is 5. The summed E-state index contributed by atoms with van der Waals surface area (Å²) >= 11 is 5.92. The molecule has 6 heterocycles. The molecular formula is C28H29ClF4N6O2. The molecule has 2 bridgehead atoms. The van der Waals surface area contributed by atoms with Gasteiger partial charge in [0.2, 0.25) is 5.88 Å². The number of aromatic nitrogens is 3. The van der Waals surface area contributed by atoms with Gasteiger partial charge in [-0.2, -0.15) is 18.2 Å². The van der Waals surface area contributed by atoms with E-state index in [1.165, 1.54) is 6.20 Å². The Balaban J connectivity index is 1.31. The summed E-state index contributed by atoms with van der Waals surface area (Å²) in [5.74, 6) is -0.432. The van der Waals surface area contributed by atoms with Crippen LogP contribution in [0.5, 0.6) is 11.6 Å². The normalized spacial score (nSPS) is 28.0. The predicted octanol–water partition coefficient (Wildman–Crippen LogP) is 4.97. The Morgan fingerprint density at radius 1 is 1.12 bits per heavy atom. The monoisotopic (exact) mass is 592 g/mol. The van der Waals surface area contributed by atoms with Gasteiger partial charge in [0.15, 0.2) is 11.5 Å². The van der Waals surface area contributed by atoms with Gasteiger partial charge < -0.3 is 20.1 Å². The molecule has 2 N–H and O–H groups in total. The molecule has 41 heavy (non-hydrogen) atoms. The maximum Gasteiger partial charge on any atom is 0.418 e. The highest BCUT2D eigenvalue weighted by Gasteiger charge is 2.49. The molecule has 2 aromatic heterocycles. The number of halogens is 5. The number of rotatable bonds is 5. The first-order chi connectivity index (χ1) is 19.6. The number of anilines is 1. The minimum Gasteiger partial charge on any atom is -0.508 e. The summed E-state index contributed by atoms with van der Waals surface area (Å²) in [5, 5.41) is 13.6. The van der Waals surface area contributed by atoms with E-state index in [4.69, 9.17) is 16.3 Å². The Bertz CT molecular complexity index is 1500. The Kier molecular flexibility index (Phi) is 6.44. The van der Waals surface area contributed by atoms with Crippen LogP contribution in [0.25, 0.3) is 22.4 Å². The van der Waals surface area contributed by atoms with Crippen LogP contribution in [0.4, 0.5) is 23.2 Å². The molecule has 4 fully saturated rings. The third kappa shape index (κ3) is 4.83. The standard InChI is InChI=1S/C28H29ClF4N6O2/c29-21-7-18(40)6-19(24(21)28(31,32)33)25-34-10-20-22(38-12-16-2-3-17(13-38)35-16)8-23(36-26(20)37-25)41-14-27-4-1-5-39(27)11-15(30)9-27/h6-8,10,15-17,35,40H,1-5,9,11-14H2/t15-,16?,17?,27+/m1/s1. The molecular weight excluding hydrogens is 564 g/mol. The topological polar surface area (TPSA) is 86.6 Å². The van der Waals surface area contributed by atoms with Gasteiger partial charge in [0.1, 0.15) is 18.5 Å². The third-order valence-corrected chi connectivity index (χ3v) is 9.23. The summed E-state index contributed by atoms with van der Waals surface area (Å²) in [5.41, 5.74) is -1.02. The molecule has 0 saturated carbocycles. The molecule has 4 atom stereocenters. The molecule has 2 unspecified atom stereocenters. The smallest absolute Gasteiger partial charge is 0.418 e. The number of nitrogens with one attached hydrogen (secondary N) is 1. The van der Waals surface area contributed by atoms with Crippen LogP contribution in [0.2, 0.25) is 5.02 Å². The number of pyridine rings is 1. The van der Waals surface area contributed by atoms with Crippen LogP contribution < -0.4 is 15.0 Å². The minimum absolute atomic E-state index is 0.163. The van der Waals surface area contributed by atoms with Crippen molar-refractivity contribution in [2.24, 2.45) is 0 Å². The minimum atomic E-state index is -4.80. The molecule has 0 aliphatic carbocycles. The fourth-order valence-electron chi connectivity index (χ4n) is 7.14. The molecule has 13 heteroatoms. The molecule has 218 valence electrons. The van der Waals surface area contributed by atoms with Crippen molar-refractivity contribution in [3.05, 3.63) is 35.0 Å². The predicted molar refractivity (Wildman–Crippen MR) is 145 cm³/mol. The number of hydrogen-bond donors (Lipinski definition) is 2. The molecule has 3 aromatic rings. The highest BCUT2D eigenvalue weighted by atomic mass is 35.5. The number of piperazine rings is 1. The van der Waals surface area contributed by atoms with Gasteiger partial charge in [0, 0.05) is 56.0 Å². The van der Waals surface area contributed by atoms with Gasteiger partial charge in [0.05, 0.1) is 27.2 Å². The van der Waals surface area contributed by atoms with Gasteiger partial charge in [-0.25, -0.2) is 14.4 Å². The van der Waals surface area contributed by atoms with Crippen LogP contribution in [0, 0.1) is 0 Å². The van der Waals surface area contributed by atoms with E-state index in [0.717, 1.165) is 63.1 Å². The van der Waals surface area contributed by atoms with Gasteiger partial charge in [-0.1, -0.05) is 11.6 Å². The summed E-state index contributed by atoms with van der Waals surface area (Å²) < 4.78 is 62.5. The van der Waals surface area contributed by atoms with E-state index in [9.17, 15) is 22.7 Å². The quantitative estimate of drug-likeness (QED) is 0.402. The Morgan fingerprint density at radius 2 is 1.90 bits per heavy atom. The summed E-state index contributed by atoms with van der Waals surface area (Å²) in [6.45, 7) is 2.98. The number of phenolic OH excluding ortho intramolecular Hbond substituents is 1. The van der Waals surface area contributed by atoms with Crippen molar-refractivity contribution in [1.82, 2.24) is 25.2 Å². The number of phenols is 1. The first-order valence-electron chi connectivity index (χ1n) is 13.9. The summed E-state index contributed by atoms with van der Waals surface area (Å²) in [7, 11) is 0. The zero-order valence-electron chi connectivity index (χ0n) is 22.1. The van der Waals surface area contributed by atoms with Crippen LogP contribution in [-0.4, -0.2) is 81.5 Å². The largest absolute Gasteiger partial charge is 0.508 e. The molecule has 0 radical (unpaired) electrons. The zero-order chi connectivity index (χ0) is 28.5. The second-order valence-corrected chi connectivity index (χ2v) is 12.1. The van der Waals surface area contributed by atoms with Gasteiger partial charge in [0.25, 0.3) is 0 Å². The van der Waals surface area contributed by atoms with Crippen molar-refractivity contribution in [3.63, 3.8) is 0 Å². The first kappa shape index (κ1) is 26.9. The summed E-state index contributed by atoms with van der Waals surface area (Å²) in [6.07, 6.45) is 0.102. The highest BCUT2D eigenvalue weighted by molar-refractivity contribution is 6.32. The zero-order valence-corrected chi connectivity index (χ0v) is 22.8. The van der Waals surface area contributed by atoms with E-state index in [1.807, 2.05) is 6.07 Å². The summed E-state index contributed by atoms with van der Waals surface area (Å²) in [4.78, 5) is 17.7. The van der Waals surface area contributed by atoms with Crippen LogP contribution in [-0.2, 0) is 6.18 Å². The lowest BCUT2D eigenvalue weighted by Crippen LogP contribution is -2.51. The van der Waals surface area contributed by atoms with Crippen LogP contribution >= 0.6 is 11.6 Å². The van der Waals surface area contributed by atoms with Crippen molar-refractivity contribution < 1.29 is 27.4 Å². The Hall–Kier alpha value is -2.96. The first-order valence-corrected chi connectivity index (χ1v) is 14.3. The van der Waals surface area contributed by atoms with Gasteiger partial charge in [-0.15, -0.1) is 0 Å². The van der Waals surface area contributed by atoms with E-state index in [2.05, 4.69) is 30.1 Å². The molecule has 4 aliphatic rings. The average Bonchev–Trinajstić information content (AvgIpc) is 3.55. The molecule has 1 aromatic carbocycles. The molecule has 0 amide bonds. The molecule has 8 nitrogen and oxygen atoms in total. The second kappa shape index (κ2) is 9.81. The van der Waals surface area contributed by atoms with E-state index in [-0.39, 0.29) is 29.5 Å². The number of benzene rings is 1. The fourth-order valence-corrected chi connectivity index (χ4v) is 7.46. The molecule has 0 spiro atoms. The van der Waals surface area contributed by atoms with Crippen molar-refractivity contribution in [2.45, 2.75) is 62.1 Å². The van der Waals surface area contributed by atoms with Crippen molar-refractivity contribution in [2.75, 3.05) is 37.7 Å². The summed E-state index contributed by atoms with van der Waals surface area (Å²) in [6, 6.07) is 4.28. The number of fused-ring (bicyclic) bond motifs is 4. The Labute approximate surface area is 238 Å². The number of hydrogen-bond acceptors (Lipinski definition) is 8. The maximum absolute atomic E-state index is 14.3. The fraction of sp³-hybridized carbons (Fsp3) is 0.536. The lowest BCUT2D eigenvalue weighted by molar-refractivity contribution is -0.137. The number of aromatic hydroxyl groups is 1. The van der Waals surface area contributed by atoms with Gasteiger partial charge in [-0.05, 0) is 44.4 Å². The average molecular weight is 593 g/mol. The molecule has 7 rings (SSSR count). The van der Waals surface area contributed by atoms with Gasteiger partial charge >= 0.3 is 6.18 Å². The van der Waals surface area contributed by atoms with Crippen LogP contribution in [0.3, 0.4) is 0 Å². The lowest BCUT2D eigenvalue weighted by Gasteiger charge is -2.35. The van der Waals surface area contributed by atoms with E-state index in [0.29, 0.717) is 30.4 Å². The highest BCUT2D eigenvalue weighted by Crippen LogP contribution is 2.44.